The average molecular weight is 374 g/mol. The summed E-state index contributed by atoms with van der Waals surface area (Å²) >= 11 is 6.21. The van der Waals surface area contributed by atoms with Crippen LogP contribution in [-0.2, 0) is 16.1 Å². The van der Waals surface area contributed by atoms with E-state index in [4.69, 9.17) is 21.1 Å². The van der Waals surface area contributed by atoms with Gasteiger partial charge in [-0.1, -0.05) is 29.8 Å². The molecule has 1 saturated heterocycles. The molecule has 2 aromatic rings. The van der Waals surface area contributed by atoms with E-state index in [0.29, 0.717) is 41.6 Å². The Bertz CT molecular complexity index is 821. The van der Waals surface area contributed by atoms with Gasteiger partial charge in [0.05, 0.1) is 22.9 Å². The van der Waals surface area contributed by atoms with Crippen LogP contribution >= 0.6 is 11.6 Å². The van der Waals surface area contributed by atoms with Gasteiger partial charge in [0.15, 0.2) is 0 Å². The first-order valence-corrected chi connectivity index (χ1v) is 8.95. The molecule has 1 heterocycles. The van der Waals surface area contributed by atoms with Crippen molar-refractivity contribution < 1.29 is 19.1 Å². The molecule has 1 aliphatic rings. The number of esters is 1. The second kappa shape index (κ2) is 8.23. The summed E-state index contributed by atoms with van der Waals surface area (Å²) in [5.41, 5.74) is 1.71. The largest absolute Gasteiger partial charge is 0.493 e. The van der Waals surface area contributed by atoms with Crippen LogP contribution in [0.1, 0.15) is 35.7 Å². The molecule has 0 unspecified atom stereocenters. The van der Waals surface area contributed by atoms with Crippen molar-refractivity contribution >= 4 is 29.2 Å². The summed E-state index contributed by atoms with van der Waals surface area (Å²) < 4.78 is 11.0. The number of rotatable bonds is 6. The van der Waals surface area contributed by atoms with E-state index in [1.807, 2.05) is 31.2 Å². The van der Waals surface area contributed by atoms with Gasteiger partial charge in [0.2, 0.25) is 5.91 Å². The Hall–Kier alpha value is -2.53. The molecule has 26 heavy (non-hydrogen) atoms. The molecule has 0 spiro atoms. The number of amides is 1. The van der Waals surface area contributed by atoms with Crippen LogP contribution in [0.5, 0.6) is 5.75 Å². The van der Waals surface area contributed by atoms with Gasteiger partial charge < -0.3 is 14.4 Å². The summed E-state index contributed by atoms with van der Waals surface area (Å²) in [6, 6.07) is 12.3. The molecule has 1 fully saturated rings. The Kier molecular flexibility index (Phi) is 5.78. The number of hydrogen-bond donors (Lipinski definition) is 0. The van der Waals surface area contributed by atoms with Crippen LogP contribution in [0.15, 0.2) is 42.5 Å². The lowest BCUT2D eigenvalue weighted by atomic mass is 10.2. The van der Waals surface area contributed by atoms with E-state index in [1.165, 1.54) is 0 Å². The van der Waals surface area contributed by atoms with Crippen LogP contribution in [0.4, 0.5) is 5.69 Å². The highest BCUT2D eigenvalue weighted by atomic mass is 35.5. The third-order valence-electron chi connectivity index (χ3n) is 4.18. The predicted molar refractivity (Wildman–Crippen MR) is 99.8 cm³/mol. The van der Waals surface area contributed by atoms with Crippen LogP contribution in [-0.4, -0.2) is 25.0 Å². The maximum Gasteiger partial charge on any atom is 0.338 e. The van der Waals surface area contributed by atoms with Gasteiger partial charge in [-0.25, -0.2) is 4.79 Å². The minimum Gasteiger partial charge on any atom is -0.493 e. The highest BCUT2D eigenvalue weighted by Gasteiger charge is 2.24. The monoisotopic (exact) mass is 373 g/mol. The van der Waals surface area contributed by atoms with Gasteiger partial charge in [-0.2, -0.15) is 0 Å². The number of ether oxygens (including phenoxy) is 2. The van der Waals surface area contributed by atoms with Gasteiger partial charge >= 0.3 is 5.97 Å². The number of anilines is 1. The first-order chi connectivity index (χ1) is 12.6. The summed E-state index contributed by atoms with van der Waals surface area (Å²) in [5, 5.41) is 0.443. The molecule has 0 atom stereocenters. The Morgan fingerprint density at radius 1 is 1.23 bits per heavy atom. The summed E-state index contributed by atoms with van der Waals surface area (Å²) in [6.45, 7) is 3.15. The van der Waals surface area contributed by atoms with Gasteiger partial charge in [-0.15, -0.1) is 0 Å². The molecular formula is C20H20ClNO4. The topological polar surface area (TPSA) is 55.8 Å². The zero-order valence-corrected chi connectivity index (χ0v) is 15.3. The van der Waals surface area contributed by atoms with Crippen molar-refractivity contribution in [3.8, 4) is 5.75 Å². The standard InChI is InChI=1S/C20H20ClNO4/c1-2-25-18-7-4-3-6-15(18)13-26-20(24)14-9-10-16(21)17(12-14)22-11-5-8-19(22)23/h3-4,6-7,9-10,12H,2,5,8,11,13H2,1H3. The number of benzene rings is 2. The second-order valence-electron chi connectivity index (χ2n) is 5.93. The Labute approximate surface area is 157 Å². The lowest BCUT2D eigenvalue weighted by Crippen LogP contribution is -2.24. The number of hydrogen-bond acceptors (Lipinski definition) is 4. The van der Waals surface area contributed by atoms with Crippen molar-refractivity contribution in [3.63, 3.8) is 0 Å². The normalized spacial score (nSPS) is 13.8. The molecule has 0 aromatic heterocycles. The third kappa shape index (κ3) is 3.99. The number of halogens is 1. The molecule has 1 aliphatic heterocycles. The zero-order chi connectivity index (χ0) is 18.5. The van der Waals surface area contributed by atoms with E-state index in [2.05, 4.69) is 0 Å². The Balaban J connectivity index is 1.73. The van der Waals surface area contributed by atoms with Crippen molar-refractivity contribution in [3.05, 3.63) is 58.6 Å². The minimum atomic E-state index is -0.471. The summed E-state index contributed by atoms with van der Waals surface area (Å²) in [4.78, 5) is 26.0. The molecule has 3 rings (SSSR count). The van der Waals surface area contributed by atoms with E-state index in [0.717, 1.165) is 12.0 Å². The SMILES string of the molecule is CCOc1ccccc1COC(=O)c1ccc(Cl)c(N2CCCC2=O)c1. The molecule has 136 valence electrons. The van der Waals surface area contributed by atoms with E-state index < -0.39 is 5.97 Å². The summed E-state index contributed by atoms with van der Waals surface area (Å²) in [5.74, 6) is 0.242. The molecule has 5 nitrogen and oxygen atoms in total. The molecule has 6 heteroatoms. The summed E-state index contributed by atoms with van der Waals surface area (Å²) in [7, 11) is 0. The summed E-state index contributed by atoms with van der Waals surface area (Å²) in [6.07, 6.45) is 1.29. The van der Waals surface area contributed by atoms with Crippen molar-refractivity contribution in [2.45, 2.75) is 26.4 Å². The number of nitrogens with zero attached hydrogens (tertiary/aromatic N) is 1. The lowest BCUT2D eigenvalue weighted by molar-refractivity contribution is -0.117. The van der Waals surface area contributed by atoms with Gasteiger partial charge in [0.1, 0.15) is 12.4 Å². The molecule has 2 aromatic carbocycles. The molecule has 0 saturated carbocycles. The number of para-hydroxylation sites is 1. The highest BCUT2D eigenvalue weighted by molar-refractivity contribution is 6.34. The number of carbonyl (C=O) groups is 2. The van der Waals surface area contributed by atoms with Crippen LogP contribution in [0.2, 0.25) is 5.02 Å². The molecule has 0 radical (unpaired) electrons. The molecule has 1 amide bonds. The number of carbonyl (C=O) groups excluding carboxylic acids is 2. The van der Waals surface area contributed by atoms with Crippen LogP contribution in [0.3, 0.4) is 0 Å². The average Bonchev–Trinajstić information content (AvgIpc) is 3.07. The van der Waals surface area contributed by atoms with E-state index >= 15 is 0 Å². The Morgan fingerprint density at radius 3 is 2.77 bits per heavy atom. The predicted octanol–water partition coefficient (Wildman–Crippen LogP) is 4.22. The first-order valence-electron chi connectivity index (χ1n) is 8.58. The van der Waals surface area contributed by atoms with Crippen LogP contribution in [0.25, 0.3) is 0 Å². The lowest BCUT2D eigenvalue weighted by Gasteiger charge is -2.18. The fraction of sp³-hybridized carbons (Fsp3) is 0.300. The quantitative estimate of drug-likeness (QED) is 0.711. The molecular weight excluding hydrogens is 354 g/mol. The maximum atomic E-state index is 12.4. The molecule has 0 bridgehead atoms. The van der Waals surface area contributed by atoms with Crippen molar-refractivity contribution in [2.75, 3.05) is 18.1 Å². The van der Waals surface area contributed by atoms with Gasteiger partial charge in [0, 0.05) is 18.5 Å². The van der Waals surface area contributed by atoms with Crippen molar-refractivity contribution in [1.82, 2.24) is 0 Å². The van der Waals surface area contributed by atoms with Crippen LogP contribution in [0, 0.1) is 0 Å². The maximum absolute atomic E-state index is 12.4. The van der Waals surface area contributed by atoms with Gasteiger partial charge in [0.25, 0.3) is 0 Å². The zero-order valence-electron chi connectivity index (χ0n) is 14.5. The van der Waals surface area contributed by atoms with Gasteiger partial charge in [-0.3, -0.25) is 4.79 Å². The first kappa shape index (κ1) is 18.3. The second-order valence-corrected chi connectivity index (χ2v) is 6.34. The van der Waals surface area contributed by atoms with E-state index in [1.54, 1.807) is 23.1 Å². The van der Waals surface area contributed by atoms with E-state index in [9.17, 15) is 9.59 Å². The Morgan fingerprint density at radius 2 is 2.04 bits per heavy atom. The van der Waals surface area contributed by atoms with Crippen molar-refractivity contribution in [1.29, 1.82) is 0 Å². The fourth-order valence-electron chi connectivity index (χ4n) is 2.90. The van der Waals surface area contributed by atoms with Crippen molar-refractivity contribution in [2.24, 2.45) is 0 Å². The smallest absolute Gasteiger partial charge is 0.338 e. The van der Waals surface area contributed by atoms with Crippen LogP contribution < -0.4 is 9.64 Å². The molecule has 0 aliphatic carbocycles. The minimum absolute atomic E-state index is 0.0167. The highest BCUT2D eigenvalue weighted by Crippen LogP contribution is 2.30. The fourth-order valence-corrected chi connectivity index (χ4v) is 3.11. The third-order valence-corrected chi connectivity index (χ3v) is 4.50. The molecule has 0 N–H and O–H groups in total. The van der Waals surface area contributed by atoms with Gasteiger partial charge in [-0.05, 0) is 37.6 Å². The van der Waals surface area contributed by atoms with E-state index in [-0.39, 0.29) is 12.5 Å².